The standard InChI is InChI=1S/C14H18N2O3S/c1-4-19-12-7-10(5-6-11(12)17)8-14-16(15(2)3)13(18)9-20-14/h5-8,17H,4,9H2,1-3H3. The summed E-state index contributed by atoms with van der Waals surface area (Å²) in [6, 6.07) is 5.16. The predicted octanol–water partition coefficient (Wildman–Crippen LogP) is 2.14. The molecule has 0 spiro atoms. The van der Waals surface area contributed by atoms with E-state index in [-0.39, 0.29) is 11.7 Å². The Morgan fingerprint density at radius 2 is 2.25 bits per heavy atom. The number of amides is 1. The van der Waals surface area contributed by atoms with Crippen molar-refractivity contribution in [2.75, 3.05) is 26.5 Å². The third-order valence-electron chi connectivity index (χ3n) is 2.76. The van der Waals surface area contributed by atoms with Crippen molar-refractivity contribution in [3.63, 3.8) is 0 Å². The minimum absolute atomic E-state index is 0.0649. The Kier molecular flexibility index (Phi) is 4.57. The summed E-state index contributed by atoms with van der Waals surface area (Å²) in [6.45, 7) is 2.36. The van der Waals surface area contributed by atoms with Crippen LogP contribution in [0.5, 0.6) is 11.5 Å². The smallest absolute Gasteiger partial charge is 0.252 e. The van der Waals surface area contributed by atoms with Crippen LogP contribution < -0.4 is 4.74 Å². The van der Waals surface area contributed by atoms with Crippen LogP contribution in [0.2, 0.25) is 0 Å². The molecule has 1 saturated heterocycles. The number of aromatic hydroxyl groups is 1. The predicted molar refractivity (Wildman–Crippen MR) is 80.2 cm³/mol. The molecule has 1 aliphatic heterocycles. The number of carbonyl (C=O) groups excluding carboxylic acids is 1. The Hall–Kier alpha value is -1.66. The van der Waals surface area contributed by atoms with E-state index in [4.69, 9.17) is 4.74 Å². The second kappa shape index (κ2) is 6.19. The lowest BCUT2D eigenvalue weighted by molar-refractivity contribution is -0.135. The number of benzene rings is 1. The van der Waals surface area contributed by atoms with E-state index in [1.165, 1.54) is 11.8 Å². The highest BCUT2D eigenvalue weighted by Gasteiger charge is 2.28. The normalized spacial score (nSPS) is 17.3. The number of thioether (sulfide) groups is 1. The molecule has 0 radical (unpaired) electrons. The van der Waals surface area contributed by atoms with Crippen molar-refractivity contribution in [2.24, 2.45) is 0 Å². The summed E-state index contributed by atoms with van der Waals surface area (Å²) in [4.78, 5) is 11.8. The van der Waals surface area contributed by atoms with Crippen molar-refractivity contribution in [1.82, 2.24) is 10.0 Å². The summed E-state index contributed by atoms with van der Waals surface area (Å²) in [5.41, 5.74) is 0.885. The second-order valence-corrected chi connectivity index (χ2v) is 5.48. The molecule has 0 aliphatic carbocycles. The molecule has 0 saturated carbocycles. The van der Waals surface area contributed by atoms with Crippen LogP contribution in [0.3, 0.4) is 0 Å². The quantitative estimate of drug-likeness (QED) is 0.922. The first-order valence-electron chi connectivity index (χ1n) is 6.33. The van der Waals surface area contributed by atoms with Gasteiger partial charge in [0.2, 0.25) is 0 Å². The van der Waals surface area contributed by atoms with Gasteiger partial charge in [-0.25, -0.2) is 10.0 Å². The lowest BCUT2D eigenvalue weighted by Gasteiger charge is -2.24. The second-order valence-electron chi connectivity index (χ2n) is 4.48. The van der Waals surface area contributed by atoms with Gasteiger partial charge in [-0.2, -0.15) is 0 Å². The summed E-state index contributed by atoms with van der Waals surface area (Å²) in [6.07, 6.45) is 1.91. The van der Waals surface area contributed by atoms with E-state index >= 15 is 0 Å². The lowest BCUT2D eigenvalue weighted by atomic mass is 10.2. The van der Waals surface area contributed by atoms with Gasteiger partial charge in [-0.3, -0.25) is 4.79 Å². The number of hydrogen-bond donors (Lipinski definition) is 1. The van der Waals surface area contributed by atoms with Crippen molar-refractivity contribution in [1.29, 1.82) is 0 Å². The van der Waals surface area contributed by atoms with Crippen molar-refractivity contribution < 1.29 is 14.6 Å². The van der Waals surface area contributed by atoms with Crippen LogP contribution in [-0.2, 0) is 4.79 Å². The van der Waals surface area contributed by atoms with Crippen LogP contribution in [0.1, 0.15) is 12.5 Å². The highest BCUT2D eigenvalue weighted by molar-refractivity contribution is 8.04. The minimum Gasteiger partial charge on any atom is -0.504 e. The summed E-state index contributed by atoms with van der Waals surface area (Å²) in [5.74, 6) is 1.08. The molecule has 6 heteroatoms. The van der Waals surface area contributed by atoms with Gasteiger partial charge < -0.3 is 9.84 Å². The molecule has 0 bridgehead atoms. The van der Waals surface area contributed by atoms with E-state index in [9.17, 15) is 9.90 Å². The van der Waals surface area contributed by atoms with E-state index in [1.807, 2.05) is 27.1 Å². The van der Waals surface area contributed by atoms with Gasteiger partial charge in [-0.05, 0) is 30.7 Å². The van der Waals surface area contributed by atoms with Crippen LogP contribution in [-0.4, -0.2) is 47.5 Å². The van der Waals surface area contributed by atoms with Gasteiger partial charge in [0.15, 0.2) is 11.5 Å². The number of hydrogen-bond acceptors (Lipinski definition) is 5. The molecular formula is C14H18N2O3S. The first-order valence-corrected chi connectivity index (χ1v) is 7.32. The summed E-state index contributed by atoms with van der Waals surface area (Å²) in [7, 11) is 3.67. The van der Waals surface area contributed by atoms with Crippen molar-refractivity contribution in [3.05, 3.63) is 28.8 Å². The van der Waals surface area contributed by atoms with Crippen molar-refractivity contribution in [2.45, 2.75) is 6.92 Å². The molecule has 1 heterocycles. The molecule has 20 heavy (non-hydrogen) atoms. The monoisotopic (exact) mass is 294 g/mol. The molecule has 1 aliphatic rings. The number of phenols is 1. The van der Waals surface area contributed by atoms with Crippen LogP contribution in [0.25, 0.3) is 6.08 Å². The third kappa shape index (κ3) is 3.08. The van der Waals surface area contributed by atoms with E-state index in [2.05, 4.69) is 0 Å². The highest BCUT2D eigenvalue weighted by Crippen LogP contribution is 2.33. The van der Waals surface area contributed by atoms with E-state index in [0.29, 0.717) is 18.1 Å². The highest BCUT2D eigenvalue weighted by atomic mass is 32.2. The van der Waals surface area contributed by atoms with Gasteiger partial charge in [-0.15, -0.1) is 0 Å². The van der Waals surface area contributed by atoms with Crippen LogP contribution in [0.15, 0.2) is 23.2 Å². The molecule has 1 fully saturated rings. The topological polar surface area (TPSA) is 53.0 Å². The van der Waals surface area contributed by atoms with E-state index in [1.54, 1.807) is 28.2 Å². The summed E-state index contributed by atoms with van der Waals surface area (Å²) < 4.78 is 5.36. The maximum atomic E-state index is 11.8. The Labute approximate surface area is 122 Å². The van der Waals surface area contributed by atoms with Crippen LogP contribution in [0.4, 0.5) is 0 Å². The molecule has 0 aromatic heterocycles. The molecule has 0 unspecified atom stereocenters. The molecule has 108 valence electrons. The van der Waals surface area contributed by atoms with E-state index in [0.717, 1.165) is 10.6 Å². The van der Waals surface area contributed by atoms with Gasteiger partial charge >= 0.3 is 0 Å². The number of nitrogens with zero attached hydrogens (tertiary/aromatic N) is 2. The molecule has 5 nitrogen and oxygen atoms in total. The fraction of sp³-hybridized carbons (Fsp3) is 0.357. The molecular weight excluding hydrogens is 276 g/mol. The minimum atomic E-state index is 0.0649. The zero-order valence-electron chi connectivity index (χ0n) is 11.8. The number of carbonyl (C=O) groups is 1. The Balaban J connectivity index is 2.30. The fourth-order valence-corrected chi connectivity index (χ4v) is 2.94. The average molecular weight is 294 g/mol. The number of rotatable bonds is 4. The summed E-state index contributed by atoms with van der Waals surface area (Å²) >= 11 is 1.50. The van der Waals surface area contributed by atoms with Gasteiger partial charge in [-0.1, -0.05) is 17.8 Å². The van der Waals surface area contributed by atoms with Gasteiger partial charge in [0.05, 0.1) is 17.4 Å². The SMILES string of the molecule is CCOc1cc(C=C2SCC(=O)N2N(C)C)ccc1O. The molecule has 1 N–H and O–H groups in total. The molecule has 0 atom stereocenters. The number of ether oxygens (including phenoxy) is 1. The molecule has 2 rings (SSSR count). The average Bonchev–Trinajstić information content (AvgIpc) is 2.75. The van der Waals surface area contributed by atoms with Crippen LogP contribution >= 0.6 is 11.8 Å². The maximum Gasteiger partial charge on any atom is 0.252 e. The van der Waals surface area contributed by atoms with Gasteiger partial charge in [0, 0.05) is 14.1 Å². The van der Waals surface area contributed by atoms with Gasteiger partial charge in [0.25, 0.3) is 5.91 Å². The zero-order chi connectivity index (χ0) is 14.7. The maximum absolute atomic E-state index is 11.8. The lowest BCUT2D eigenvalue weighted by Crippen LogP contribution is -2.37. The van der Waals surface area contributed by atoms with Crippen molar-refractivity contribution in [3.8, 4) is 11.5 Å². The van der Waals surface area contributed by atoms with Crippen LogP contribution in [0, 0.1) is 0 Å². The fourth-order valence-electron chi connectivity index (χ4n) is 1.94. The third-order valence-corrected chi connectivity index (χ3v) is 3.74. The molecule has 1 amide bonds. The Morgan fingerprint density at radius 3 is 2.90 bits per heavy atom. The zero-order valence-corrected chi connectivity index (χ0v) is 12.6. The Bertz CT molecular complexity index is 543. The first-order chi connectivity index (χ1) is 9.52. The molecule has 1 aromatic carbocycles. The van der Waals surface area contributed by atoms with Gasteiger partial charge in [0.1, 0.15) is 0 Å². The summed E-state index contributed by atoms with van der Waals surface area (Å²) in [5, 5.41) is 14.0. The molecule has 1 aromatic rings. The van der Waals surface area contributed by atoms with E-state index < -0.39 is 0 Å². The first kappa shape index (κ1) is 14.7. The number of hydrazine groups is 1. The van der Waals surface area contributed by atoms with Crippen molar-refractivity contribution >= 4 is 23.7 Å². The Morgan fingerprint density at radius 1 is 1.50 bits per heavy atom. The number of phenolic OH excluding ortho intramolecular Hbond substituents is 1. The largest absolute Gasteiger partial charge is 0.504 e.